The molecule has 1 saturated heterocycles. The third kappa shape index (κ3) is 3.21. The van der Waals surface area contributed by atoms with Crippen LogP contribution in [0.5, 0.6) is 0 Å². The monoisotopic (exact) mass is 346 g/mol. The Morgan fingerprint density at radius 3 is 2.67 bits per heavy atom. The first-order valence-corrected chi connectivity index (χ1v) is 8.54. The number of rotatable bonds is 2. The number of amides is 1. The largest absolute Gasteiger partial charge is 0.372 e. The molecule has 1 aliphatic heterocycles. The average molecular weight is 347 g/mol. The van der Waals surface area contributed by atoms with E-state index >= 15 is 0 Å². The standard InChI is InChI=1S/C19H23ClN2O2/c1-13-10-17(18(23)21-8-9-24-19(3,4)12-21)14(2)22(13)16-7-5-6-15(20)11-16/h5-7,10-11H,8-9,12H2,1-4H3. The van der Waals surface area contributed by atoms with Gasteiger partial charge in [0.25, 0.3) is 5.91 Å². The molecule has 24 heavy (non-hydrogen) atoms. The fraction of sp³-hybridized carbons (Fsp3) is 0.421. The Labute approximate surface area is 148 Å². The summed E-state index contributed by atoms with van der Waals surface area (Å²) in [4.78, 5) is 14.9. The van der Waals surface area contributed by atoms with Crippen molar-refractivity contribution in [3.8, 4) is 5.69 Å². The van der Waals surface area contributed by atoms with E-state index in [2.05, 4.69) is 4.57 Å². The van der Waals surface area contributed by atoms with E-state index in [1.165, 1.54) is 0 Å². The molecule has 3 rings (SSSR count). The highest BCUT2D eigenvalue weighted by atomic mass is 35.5. The van der Waals surface area contributed by atoms with Crippen LogP contribution in [0.4, 0.5) is 0 Å². The quantitative estimate of drug-likeness (QED) is 0.823. The third-order valence-corrected chi connectivity index (χ3v) is 4.68. The maximum Gasteiger partial charge on any atom is 0.255 e. The van der Waals surface area contributed by atoms with Gasteiger partial charge in [-0.15, -0.1) is 0 Å². The molecule has 128 valence electrons. The number of halogens is 1. The van der Waals surface area contributed by atoms with Crippen molar-refractivity contribution in [3.63, 3.8) is 0 Å². The predicted octanol–water partition coefficient (Wildman–Crippen LogP) is 4.00. The van der Waals surface area contributed by atoms with Gasteiger partial charge in [-0.2, -0.15) is 0 Å². The smallest absolute Gasteiger partial charge is 0.255 e. The van der Waals surface area contributed by atoms with Crippen LogP contribution in [0.3, 0.4) is 0 Å². The lowest BCUT2D eigenvalue weighted by atomic mass is 10.1. The zero-order chi connectivity index (χ0) is 17.5. The predicted molar refractivity (Wildman–Crippen MR) is 96.2 cm³/mol. The van der Waals surface area contributed by atoms with Crippen LogP contribution >= 0.6 is 11.6 Å². The Morgan fingerprint density at radius 2 is 2.00 bits per heavy atom. The second kappa shape index (κ2) is 6.26. The van der Waals surface area contributed by atoms with Gasteiger partial charge in [0, 0.05) is 35.2 Å². The average Bonchev–Trinajstić information content (AvgIpc) is 2.80. The lowest BCUT2D eigenvalue weighted by Gasteiger charge is -2.38. The molecule has 0 unspecified atom stereocenters. The molecule has 0 N–H and O–H groups in total. The van der Waals surface area contributed by atoms with Gasteiger partial charge in [0.15, 0.2) is 0 Å². The number of carbonyl (C=O) groups is 1. The van der Waals surface area contributed by atoms with Crippen LogP contribution in [0, 0.1) is 13.8 Å². The molecule has 1 fully saturated rings. The summed E-state index contributed by atoms with van der Waals surface area (Å²) in [5.41, 5.74) is 3.37. The molecule has 0 atom stereocenters. The minimum atomic E-state index is -0.299. The van der Waals surface area contributed by atoms with Crippen molar-refractivity contribution in [1.29, 1.82) is 0 Å². The molecule has 0 bridgehead atoms. The minimum Gasteiger partial charge on any atom is -0.372 e. The molecule has 5 heteroatoms. The van der Waals surface area contributed by atoms with Crippen molar-refractivity contribution in [2.45, 2.75) is 33.3 Å². The SMILES string of the molecule is Cc1cc(C(=O)N2CCOC(C)(C)C2)c(C)n1-c1cccc(Cl)c1. The number of nitrogens with zero attached hydrogens (tertiary/aromatic N) is 2. The first-order valence-electron chi connectivity index (χ1n) is 8.17. The Kier molecular flexibility index (Phi) is 4.45. The molecular weight excluding hydrogens is 324 g/mol. The van der Waals surface area contributed by atoms with E-state index in [0.29, 0.717) is 24.7 Å². The van der Waals surface area contributed by atoms with Gasteiger partial charge in [0.1, 0.15) is 0 Å². The van der Waals surface area contributed by atoms with Gasteiger partial charge in [0.2, 0.25) is 0 Å². The van der Waals surface area contributed by atoms with E-state index in [9.17, 15) is 4.79 Å². The molecule has 0 aliphatic carbocycles. The van der Waals surface area contributed by atoms with Gasteiger partial charge < -0.3 is 14.2 Å². The van der Waals surface area contributed by atoms with Crippen molar-refractivity contribution in [1.82, 2.24) is 9.47 Å². The second-order valence-corrected chi connectivity index (χ2v) is 7.37. The molecule has 1 aromatic carbocycles. The number of carbonyl (C=O) groups excluding carboxylic acids is 1. The van der Waals surface area contributed by atoms with Crippen LogP contribution < -0.4 is 0 Å². The van der Waals surface area contributed by atoms with E-state index in [4.69, 9.17) is 16.3 Å². The van der Waals surface area contributed by atoms with Gasteiger partial charge >= 0.3 is 0 Å². The molecule has 0 saturated carbocycles. The highest BCUT2D eigenvalue weighted by Crippen LogP contribution is 2.25. The topological polar surface area (TPSA) is 34.5 Å². The molecule has 4 nitrogen and oxygen atoms in total. The normalized spacial score (nSPS) is 17.1. The van der Waals surface area contributed by atoms with Crippen LogP contribution in [0.15, 0.2) is 30.3 Å². The van der Waals surface area contributed by atoms with Crippen molar-refractivity contribution >= 4 is 17.5 Å². The lowest BCUT2D eigenvalue weighted by molar-refractivity contribution is -0.0764. The highest BCUT2D eigenvalue weighted by molar-refractivity contribution is 6.30. The van der Waals surface area contributed by atoms with Gasteiger partial charge in [-0.3, -0.25) is 4.79 Å². The Bertz CT molecular complexity index is 780. The van der Waals surface area contributed by atoms with E-state index in [-0.39, 0.29) is 11.5 Å². The number of hydrogen-bond acceptors (Lipinski definition) is 2. The van der Waals surface area contributed by atoms with E-state index in [1.54, 1.807) is 0 Å². The van der Waals surface area contributed by atoms with Crippen LogP contribution in [0.25, 0.3) is 5.69 Å². The fourth-order valence-electron chi connectivity index (χ4n) is 3.35. The fourth-order valence-corrected chi connectivity index (χ4v) is 3.54. The summed E-state index contributed by atoms with van der Waals surface area (Å²) >= 11 is 6.12. The second-order valence-electron chi connectivity index (χ2n) is 6.93. The third-order valence-electron chi connectivity index (χ3n) is 4.44. The lowest BCUT2D eigenvalue weighted by Crippen LogP contribution is -2.50. The number of hydrogen-bond donors (Lipinski definition) is 0. The Morgan fingerprint density at radius 1 is 1.25 bits per heavy atom. The van der Waals surface area contributed by atoms with Crippen molar-refractivity contribution in [2.75, 3.05) is 19.7 Å². The number of aryl methyl sites for hydroxylation is 1. The molecule has 0 spiro atoms. The van der Waals surface area contributed by atoms with Crippen LogP contribution in [-0.4, -0.2) is 40.7 Å². The molecule has 1 amide bonds. The summed E-state index contributed by atoms with van der Waals surface area (Å²) in [5, 5.41) is 0.683. The molecule has 1 aromatic heterocycles. The molecule has 0 radical (unpaired) electrons. The highest BCUT2D eigenvalue weighted by Gasteiger charge is 2.31. The van der Waals surface area contributed by atoms with Crippen LogP contribution in [0.2, 0.25) is 5.02 Å². The van der Waals surface area contributed by atoms with E-state index in [0.717, 1.165) is 22.6 Å². The van der Waals surface area contributed by atoms with Crippen LogP contribution in [0.1, 0.15) is 35.6 Å². The van der Waals surface area contributed by atoms with E-state index in [1.807, 2.05) is 62.9 Å². The zero-order valence-corrected chi connectivity index (χ0v) is 15.4. The van der Waals surface area contributed by atoms with Crippen LogP contribution in [-0.2, 0) is 4.74 Å². The van der Waals surface area contributed by atoms with Crippen molar-refractivity contribution in [2.24, 2.45) is 0 Å². The molecule has 1 aliphatic rings. The van der Waals surface area contributed by atoms with E-state index < -0.39 is 0 Å². The summed E-state index contributed by atoms with van der Waals surface area (Å²) in [5.74, 6) is 0.0627. The van der Waals surface area contributed by atoms with Gasteiger partial charge in [-0.05, 0) is 52.0 Å². The van der Waals surface area contributed by atoms with Gasteiger partial charge in [-0.1, -0.05) is 17.7 Å². The van der Waals surface area contributed by atoms with Crippen molar-refractivity contribution in [3.05, 3.63) is 52.3 Å². The molecular formula is C19H23ClN2O2. The number of aromatic nitrogens is 1. The maximum atomic E-state index is 13.0. The summed E-state index contributed by atoms with van der Waals surface area (Å²) in [6, 6.07) is 9.64. The zero-order valence-electron chi connectivity index (χ0n) is 14.6. The summed E-state index contributed by atoms with van der Waals surface area (Å²) in [7, 11) is 0. The van der Waals surface area contributed by atoms with Gasteiger partial charge in [0.05, 0.1) is 17.8 Å². The summed E-state index contributed by atoms with van der Waals surface area (Å²) in [6.07, 6.45) is 0. The first-order chi connectivity index (χ1) is 11.3. The first kappa shape index (κ1) is 17.1. The minimum absolute atomic E-state index is 0.0627. The van der Waals surface area contributed by atoms with Gasteiger partial charge in [-0.25, -0.2) is 0 Å². The van der Waals surface area contributed by atoms with Crippen molar-refractivity contribution < 1.29 is 9.53 Å². The molecule has 2 aromatic rings. The number of morpholine rings is 1. The number of benzene rings is 1. The molecule has 2 heterocycles. The summed E-state index contributed by atoms with van der Waals surface area (Å²) in [6.45, 7) is 9.82. The summed E-state index contributed by atoms with van der Waals surface area (Å²) < 4.78 is 7.78. The maximum absolute atomic E-state index is 13.0. The Hall–Kier alpha value is -1.78. The Balaban J connectivity index is 1.95. The number of ether oxygens (including phenoxy) is 1.